The van der Waals surface area contributed by atoms with Crippen molar-refractivity contribution in [1.29, 1.82) is 0 Å². The van der Waals surface area contributed by atoms with Gasteiger partial charge in [-0.15, -0.1) is 0 Å². The highest BCUT2D eigenvalue weighted by Crippen LogP contribution is 2.47. The third-order valence-electron chi connectivity index (χ3n) is 9.22. The first-order valence-corrected chi connectivity index (χ1v) is 14.9. The molecule has 8 atom stereocenters. The van der Waals surface area contributed by atoms with Crippen molar-refractivity contribution < 1.29 is 0 Å². The molecule has 0 aromatic rings. The van der Waals surface area contributed by atoms with E-state index in [1.165, 1.54) is 70.6 Å². The van der Waals surface area contributed by atoms with Crippen LogP contribution >= 0.6 is 0 Å². The number of rotatable bonds is 15. The summed E-state index contributed by atoms with van der Waals surface area (Å²) in [7, 11) is 0. The zero-order chi connectivity index (χ0) is 24.5. The Balaban J connectivity index is 2.75. The highest BCUT2D eigenvalue weighted by atomic mass is 14.4. The Kier molecular flexibility index (Phi) is 13.5. The molecule has 1 aliphatic carbocycles. The van der Waals surface area contributed by atoms with Crippen molar-refractivity contribution in [2.24, 2.45) is 58.7 Å². The number of hydrogen-bond donors (Lipinski definition) is 0. The third kappa shape index (κ3) is 11.0. The molecule has 0 aromatic carbocycles. The Bertz CT molecular complexity index is 469. The van der Waals surface area contributed by atoms with Crippen molar-refractivity contribution >= 4 is 0 Å². The molecule has 0 nitrogen and oxygen atoms in total. The molecular weight excluding hydrogens is 384 g/mol. The van der Waals surface area contributed by atoms with Crippen LogP contribution in [0.25, 0.3) is 0 Å². The largest absolute Gasteiger partial charge is 0.0654 e. The van der Waals surface area contributed by atoms with Crippen molar-refractivity contribution in [2.45, 2.75) is 147 Å². The highest BCUT2D eigenvalue weighted by Gasteiger charge is 2.39. The van der Waals surface area contributed by atoms with Crippen molar-refractivity contribution in [3.63, 3.8) is 0 Å². The Morgan fingerprint density at radius 2 is 1.53 bits per heavy atom. The van der Waals surface area contributed by atoms with Gasteiger partial charge >= 0.3 is 0 Å². The van der Waals surface area contributed by atoms with Gasteiger partial charge in [-0.2, -0.15) is 0 Å². The van der Waals surface area contributed by atoms with Gasteiger partial charge in [0.1, 0.15) is 0 Å². The average molecular weight is 449 g/mol. The van der Waals surface area contributed by atoms with Crippen LogP contribution in [0, 0.1) is 58.7 Å². The molecule has 1 aliphatic rings. The van der Waals surface area contributed by atoms with E-state index in [1.54, 1.807) is 0 Å². The van der Waals surface area contributed by atoms with E-state index in [-0.39, 0.29) is 0 Å². The summed E-state index contributed by atoms with van der Waals surface area (Å²) in [5.74, 6) is 8.31. The predicted octanol–water partition coefficient (Wildman–Crippen LogP) is 11.0. The molecule has 1 rings (SSSR count). The maximum Gasteiger partial charge on any atom is -0.0355 e. The first-order valence-electron chi connectivity index (χ1n) is 14.9. The number of unbranched alkanes of at least 4 members (excludes halogenated alkanes) is 1. The van der Waals surface area contributed by atoms with E-state index < -0.39 is 0 Å². The van der Waals surface area contributed by atoms with E-state index in [1.807, 2.05) is 0 Å². The lowest BCUT2D eigenvalue weighted by atomic mass is 9.73. The molecule has 0 spiro atoms. The van der Waals surface area contributed by atoms with Crippen LogP contribution in [0.3, 0.4) is 0 Å². The van der Waals surface area contributed by atoms with Crippen LogP contribution in [-0.2, 0) is 0 Å². The molecular formula is C32H64. The average Bonchev–Trinajstić information content (AvgIpc) is 2.94. The summed E-state index contributed by atoms with van der Waals surface area (Å²) >= 11 is 0. The van der Waals surface area contributed by atoms with E-state index in [2.05, 4.69) is 76.2 Å². The second kappa shape index (κ2) is 14.4. The monoisotopic (exact) mass is 449 g/mol. The van der Waals surface area contributed by atoms with E-state index in [0.717, 1.165) is 53.3 Å². The van der Waals surface area contributed by atoms with E-state index in [0.29, 0.717) is 5.41 Å². The van der Waals surface area contributed by atoms with E-state index in [9.17, 15) is 0 Å². The molecule has 0 bridgehead atoms. The molecule has 0 amide bonds. The van der Waals surface area contributed by atoms with Crippen LogP contribution in [0.1, 0.15) is 147 Å². The minimum absolute atomic E-state index is 0.464. The lowest BCUT2D eigenvalue weighted by Gasteiger charge is -2.33. The fraction of sp³-hybridized carbons (Fsp3) is 1.00. The van der Waals surface area contributed by atoms with Gasteiger partial charge in [-0.3, -0.25) is 0 Å². The van der Waals surface area contributed by atoms with Gasteiger partial charge in [-0.1, -0.05) is 115 Å². The zero-order valence-electron chi connectivity index (χ0n) is 24.5. The highest BCUT2D eigenvalue weighted by molar-refractivity contribution is 4.88. The molecule has 1 saturated carbocycles. The van der Waals surface area contributed by atoms with Crippen molar-refractivity contribution in [3.05, 3.63) is 0 Å². The fourth-order valence-corrected chi connectivity index (χ4v) is 7.48. The van der Waals surface area contributed by atoms with Crippen molar-refractivity contribution in [1.82, 2.24) is 0 Å². The third-order valence-corrected chi connectivity index (χ3v) is 9.22. The van der Waals surface area contributed by atoms with Crippen LogP contribution in [0.5, 0.6) is 0 Å². The molecule has 0 heterocycles. The normalized spacial score (nSPS) is 28.1. The Morgan fingerprint density at radius 3 is 2.06 bits per heavy atom. The molecule has 0 radical (unpaired) electrons. The minimum Gasteiger partial charge on any atom is -0.0654 e. The van der Waals surface area contributed by atoms with E-state index in [4.69, 9.17) is 0 Å². The summed E-state index contributed by atoms with van der Waals surface area (Å²) < 4.78 is 0. The Hall–Kier alpha value is 0. The van der Waals surface area contributed by atoms with Gasteiger partial charge in [0.2, 0.25) is 0 Å². The van der Waals surface area contributed by atoms with Gasteiger partial charge < -0.3 is 0 Å². The van der Waals surface area contributed by atoms with Crippen LogP contribution in [0.15, 0.2) is 0 Å². The lowest BCUT2D eigenvalue weighted by molar-refractivity contribution is 0.176. The quantitative estimate of drug-likeness (QED) is 0.233. The predicted molar refractivity (Wildman–Crippen MR) is 147 cm³/mol. The minimum atomic E-state index is 0.464. The SMILES string of the molecule is CCCCC(CC1C(CC)CC(C)C1C)C(C)CCC(CC(C)C)CC(C)CC(C)(C)C. The Morgan fingerprint density at radius 1 is 0.875 bits per heavy atom. The van der Waals surface area contributed by atoms with Gasteiger partial charge in [0.15, 0.2) is 0 Å². The van der Waals surface area contributed by atoms with Crippen LogP contribution < -0.4 is 0 Å². The molecule has 8 unspecified atom stereocenters. The lowest BCUT2D eigenvalue weighted by Crippen LogP contribution is -2.23. The van der Waals surface area contributed by atoms with Crippen molar-refractivity contribution in [2.75, 3.05) is 0 Å². The summed E-state index contributed by atoms with van der Waals surface area (Å²) in [4.78, 5) is 0. The van der Waals surface area contributed by atoms with Gasteiger partial charge in [0.25, 0.3) is 0 Å². The Labute approximate surface area is 205 Å². The van der Waals surface area contributed by atoms with Gasteiger partial charge in [-0.25, -0.2) is 0 Å². The topological polar surface area (TPSA) is 0 Å². The van der Waals surface area contributed by atoms with Crippen LogP contribution in [0.4, 0.5) is 0 Å². The summed E-state index contributed by atoms with van der Waals surface area (Å²) in [6.07, 6.45) is 15.8. The first-order chi connectivity index (χ1) is 14.9. The van der Waals surface area contributed by atoms with Gasteiger partial charge in [-0.05, 0) is 90.8 Å². The summed E-state index contributed by atoms with van der Waals surface area (Å²) in [6, 6.07) is 0. The second-order valence-corrected chi connectivity index (χ2v) is 14.2. The van der Waals surface area contributed by atoms with Crippen LogP contribution in [0.2, 0.25) is 0 Å². The van der Waals surface area contributed by atoms with Crippen LogP contribution in [-0.4, -0.2) is 0 Å². The zero-order valence-corrected chi connectivity index (χ0v) is 24.5. The van der Waals surface area contributed by atoms with Crippen molar-refractivity contribution in [3.8, 4) is 0 Å². The molecule has 0 aromatic heterocycles. The molecule has 0 N–H and O–H groups in total. The summed E-state index contributed by atoms with van der Waals surface area (Å²) in [6.45, 7) is 27.2. The standard InChI is InChI=1S/C32H64/c1-12-14-15-30(21-31-27(8)26(7)20-29(31)13-2)25(6)16-17-28(18-23(3)4)19-24(5)22-32(9,10)11/h23-31H,12-22H2,1-11H3. The first kappa shape index (κ1) is 30.0. The molecule has 32 heavy (non-hydrogen) atoms. The molecule has 0 heteroatoms. The molecule has 192 valence electrons. The number of hydrogen-bond acceptors (Lipinski definition) is 0. The smallest absolute Gasteiger partial charge is 0.0355 e. The summed E-state index contributed by atoms with van der Waals surface area (Å²) in [5, 5.41) is 0. The second-order valence-electron chi connectivity index (χ2n) is 14.2. The van der Waals surface area contributed by atoms with Gasteiger partial charge in [0, 0.05) is 0 Å². The fourth-order valence-electron chi connectivity index (χ4n) is 7.48. The summed E-state index contributed by atoms with van der Waals surface area (Å²) in [5.41, 5.74) is 0.464. The van der Waals surface area contributed by atoms with Gasteiger partial charge in [0.05, 0.1) is 0 Å². The molecule has 0 saturated heterocycles. The maximum absolute atomic E-state index is 2.62. The molecule has 0 aliphatic heterocycles. The maximum atomic E-state index is 2.62. The molecule has 1 fully saturated rings. The van der Waals surface area contributed by atoms with E-state index >= 15 is 0 Å².